The van der Waals surface area contributed by atoms with Gasteiger partial charge in [0.15, 0.2) is 15.7 Å². The number of rotatable bonds is 4. The molecule has 0 aromatic carbocycles. The van der Waals surface area contributed by atoms with Gasteiger partial charge in [0.1, 0.15) is 9.90 Å². The van der Waals surface area contributed by atoms with Crippen molar-refractivity contribution in [1.29, 1.82) is 0 Å². The van der Waals surface area contributed by atoms with Gasteiger partial charge in [-0.3, -0.25) is 0 Å². The van der Waals surface area contributed by atoms with E-state index in [-0.39, 0.29) is 16.5 Å². The van der Waals surface area contributed by atoms with Gasteiger partial charge in [0, 0.05) is 19.7 Å². The number of nitrogens with zero attached hydrogens (tertiary/aromatic N) is 2. The number of anilines is 2. The molecule has 0 aliphatic carbocycles. The summed E-state index contributed by atoms with van der Waals surface area (Å²) in [6.07, 6.45) is 1.45. The Morgan fingerprint density at radius 3 is 2.95 bits per heavy atom. The maximum atomic E-state index is 12.3. The molecular weight excluding hydrogens is 286 g/mol. The Balaban J connectivity index is 2.36. The number of hydrogen-bond acceptors (Lipinski definition) is 7. The van der Waals surface area contributed by atoms with Crippen LogP contribution in [0.5, 0.6) is 0 Å². The van der Waals surface area contributed by atoms with Crippen LogP contribution in [0.15, 0.2) is 4.90 Å². The van der Waals surface area contributed by atoms with Gasteiger partial charge < -0.3 is 15.4 Å². The van der Waals surface area contributed by atoms with E-state index in [4.69, 9.17) is 10.5 Å². The van der Waals surface area contributed by atoms with E-state index >= 15 is 0 Å². The summed E-state index contributed by atoms with van der Waals surface area (Å²) in [5, 5.41) is 0.663. The van der Waals surface area contributed by atoms with Crippen molar-refractivity contribution in [3.63, 3.8) is 0 Å². The predicted octanol–water partition coefficient (Wildman–Crippen LogP) is 1.14. The minimum Gasteiger partial charge on any atom is -0.382 e. The van der Waals surface area contributed by atoms with Crippen molar-refractivity contribution in [2.24, 2.45) is 0 Å². The fourth-order valence-corrected chi connectivity index (χ4v) is 4.91. The molecule has 2 N–H and O–H groups in total. The third-order valence-electron chi connectivity index (χ3n) is 2.95. The minimum atomic E-state index is -3.35. The van der Waals surface area contributed by atoms with Crippen molar-refractivity contribution < 1.29 is 13.2 Å². The highest BCUT2D eigenvalue weighted by molar-refractivity contribution is 7.91. The number of ether oxygens (including phenoxy) is 1. The molecule has 0 spiro atoms. The first-order chi connectivity index (χ1) is 9.06. The molecule has 1 aromatic rings. The number of nitrogens with two attached hydrogens (primary N) is 1. The third kappa shape index (κ3) is 3.18. The maximum absolute atomic E-state index is 12.3. The lowest BCUT2D eigenvalue weighted by Gasteiger charge is -2.20. The first-order valence-electron chi connectivity index (χ1n) is 6.37. The van der Waals surface area contributed by atoms with E-state index in [1.54, 1.807) is 0 Å². The Morgan fingerprint density at radius 1 is 1.42 bits per heavy atom. The highest BCUT2D eigenvalue weighted by Gasteiger charge is 2.28. The topological polar surface area (TPSA) is 85.5 Å². The molecule has 1 fully saturated rings. The van der Waals surface area contributed by atoms with Gasteiger partial charge in [0.2, 0.25) is 0 Å². The molecule has 0 atom stereocenters. The van der Waals surface area contributed by atoms with E-state index in [0.29, 0.717) is 31.2 Å². The van der Waals surface area contributed by atoms with Crippen LogP contribution in [-0.2, 0) is 14.6 Å². The molecule has 1 saturated heterocycles. The Labute approximate surface area is 117 Å². The molecule has 6 nitrogen and oxygen atoms in total. The summed E-state index contributed by atoms with van der Waals surface area (Å²) in [4.78, 5) is 2.23. The van der Waals surface area contributed by atoms with Gasteiger partial charge in [-0.15, -0.1) is 0 Å². The normalized spacial score (nSPS) is 17.4. The average molecular weight is 305 g/mol. The first kappa shape index (κ1) is 14.5. The summed E-state index contributed by atoms with van der Waals surface area (Å²) in [7, 11) is -3.35. The number of aromatic nitrogens is 1. The molecule has 2 rings (SSSR count). The SMILES string of the molecule is CCCS(=O)(=O)c1c(N)nsc1N1CCCOCC1. The molecule has 1 aliphatic rings. The van der Waals surface area contributed by atoms with Crippen LogP contribution in [0.25, 0.3) is 0 Å². The van der Waals surface area contributed by atoms with Gasteiger partial charge in [-0.2, -0.15) is 4.37 Å². The van der Waals surface area contributed by atoms with Gasteiger partial charge in [0.05, 0.1) is 12.4 Å². The number of nitrogen functional groups attached to an aromatic ring is 1. The quantitative estimate of drug-likeness (QED) is 0.897. The van der Waals surface area contributed by atoms with Crippen molar-refractivity contribution in [2.45, 2.75) is 24.7 Å². The van der Waals surface area contributed by atoms with E-state index in [2.05, 4.69) is 4.37 Å². The molecule has 8 heteroatoms. The molecule has 108 valence electrons. The second-order valence-electron chi connectivity index (χ2n) is 4.47. The molecular formula is C11H19N3O3S2. The highest BCUT2D eigenvalue weighted by atomic mass is 32.2. The van der Waals surface area contributed by atoms with Crippen LogP contribution in [0.2, 0.25) is 0 Å². The van der Waals surface area contributed by atoms with E-state index in [1.165, 1.54) is 0 Å². The molecule has 0 radical (unpaired) electrons. The van der Waals surface area contributed by atoms with Crippen molar-refractivity contribution >= 4 is 32.2 Å². The number of sulfone groups is 1. The van der Waals surface area contributed by atoms with Gasteiger partial charge in [-0.05, 0) is 24.4 Å². The second-order valence-corrected chi connectivity index (χ2v) is 7.27. The average Bonchev–Trinajstić information content (AvgIpc) is 2.59. The summed E-state index contributed by atoms with van der Waals surface area (Å²) in [6.45, 7) is 4.60. The lowest BCUT2D eigenvalue weighted by molar-refractivity contribution is 0.152. The molecule has 1 aliphatic heterocycles. The van der Waals surface area contributed by atoms with Crippen molar-refractivity contribution in [3.8, 4) is 0 Å². The predicted molar refractivity (Wildman–Crippen MR) is 76.5 cm³/mol. The highest BCUT2D eigenvalue weighted by Crippen LogP contribution is 2.35. The fourth-order valence-electron chi connectivity index (χ4n) is 2.10. The van der Waals surface area contributed by atoms with Gasteiger partial charge in [0.25, 0.3) is 0 Å². The third-order valence-corrected chi connectivity index (χ3v) is 5.97. The van der Waals surface area contributed by atoms with Crippen LogP contribution in [-0.4, -0.2) is 44.8 Å². The zero-order valence-electron chi connectivity index (χ0n) is 11.0. The van der Waals surface area contributed by atoms with E-state index in [1.807, 2.05) is 11.8 Å². The first-order valence-corrected chi connectivity index (χ1v) is 8.79. The summed E-state index contributed by atoms with van der Waals surface area (Å²) in [6, 6.07) is 0. The van der Waals surface area contributed by atoms with Crippen LogP contribution in [0.4, 0.5) is 10.8 Å². The fraction of sp³-hybridized carbons (Fsp3) is 0.727. The van der Waals surface area contributed by atoms with E-state index in [0.717, 1.165) is 24.5 Å². The Kier molecular flexibility index (Phi) is 4.64. The monoisotopic (exact) mass is 305 g/mol. The molecule has 0 amide bonds. The van der Waals surface area contributed by atoms with Gasteiger partial charge in [-0.1, -0.05) is 6.92 Å². The van der Waals surface area contributed by atoms with Crippen LogP contribution in [0, 0.1) is 0 Å². The summed E-state index contributed by atoms with van der Waals surface area (Å²) < 4.78 is 34.0. The molecule has 19 heavy (non-hydrogen) atoms. The van der Waals surface area contributed by atoms with Gasteiger partial charge in [-0.25, -0.2) is 8.42 Å². The standard InChI is InChI=1S/C11H19N3O3S2/c1-2-8-19(15,16)9-10(12)13-18-11(9)14-4-3-6-17-7-5-14/h2-8H2,1H3,(H2,12,13). The lowest BCUT2D eigenvalue weighted by Crippen LogP contribution is -2.26. The van der Waals surface area contributed by atoms with Crippen molar-refractivity contribution in [1.82, 2.24) is 4.37 Å². The summed E-state index contributed by atoms with van der Waals surface area (Å²) in [5.41, 5.74) is 5.77. The van der Waals surface area contributed by atoms with Crippen LogP contribution >= 0.6 is 11.5 Å². The molecule has 0 unspecified atom stereocenters. The Bertz CT molecular complexity index is 519. The van der Waals surface area contributed by atoms with Gasteiger partial charge >= 0.3 is 0 Å². The zero-order chi connectivity index (χ0) is 13.9. The zero-order valence-corrected chi connectivity index (χ0v) is 12.6. The summed E-state index contributed by atoms with van der Waals surface area (Å²) >= 11 is 1.16. The lowest BCUT2D eigenvalue weighted by atomic mass is 10.4. The molecule has 0 saturated carbocycles. The molecule has 0 bridgehead atoms. The Hall–Kier alpha value is -0.860. The second kappa shape index (κ2) is 6.06. The molecule has 1 aromatic heterocycles. The number of hydrogen-bond donors (Lipinski definition) is 1. The minimum absolute atomic E-state index is 0.104. The smallest absolute Gasteiger partial charge is 0.185 e. The van der Waals surface area contributed by atoms with E-state index < -0.39 is 9.84 Å². The van der Waals surface area contributed by atoms with Crippen LogP contribution in [0.1, 0.15) is 19.8 Å². The van der Waals surface area contributed by atoms with Crippen LogP contribution in [0.3, 0.4) is 0 Å². The van der Waals surface area contributed by atoms with Crippen molar-refractivity contribution in [3.05, 3.63) is 0 Å². The van der Waals surface area contributed by atoms with E-state index in [9.17, 15) is 8.42 Å². The summed E-state index contributed by atoms with van der Waals surface area (Å²) in [5.74, 6) is 0.228. The van der Waals surface area contributed by atoms with Crippen molar-refractivity contribution in [2.75, 3.05) is 42.7 Å². The maximum Gasteiger partial charge on any atom is 0.185 e. The molecule has 2 heterocycles. The Morgan fingerprint density at radius 2 is 2.21 bits per heavy atom. The van der Waals surface area contributed by atoms with Crippen LogP contribution < -0.4 is 10.6 Å². The largest absolute Gasteiger partial charge is 0.382 e.